The summed E-state index contributed by atoms with van der Waals surface area (Å²) in [6.45, 7) is 17.2. The average Bonchev–Trinajstić information content (AvgIpc) is 2.19. The molecule has 2 nitrogen and oxygen atoms in total. The summed E-state index contributed by atoms with van der Waals surface area (Å²) in [6, 6.07) is 2.01. The highest BCUT2D eigenvalue weighted by Crippen LogP contribution is 2.39. The summed E-state index contributed by atoms with van der Waals surface area (Å²) < 4.78 is 7.16. The quantitative estimate of drug-likeness (QED) is 0.566. The topological polar surface area (TPSA) is 22.1 Å². The maximum Gasteiger partial charge on any atom is 0.250 e. The van der Waals surface area contributed by atoms with Gasteiger partial charge in [-0.05, 0) is 47.1 Å². The van der Waals surface area contributed by atoms with Crippen LogP contribution < -0.4 is 0 Å². The van der Waals surface area contributed by atoms with Gasteiger partial charge in [0.1, 0.15) is 5.76 Å². The summed E-state index contributed by atoms with van der Waals surface area (Å²) in [5.41, 5.74) is 1.93. The monoisotopic (exact) mass is 327 g/mol. The number of aromatic nitrogens is 1. The Labute approximate surface area is 120 Å². The van der Waals surface area contributed by atoms with E-state index in [0.717, 1.165) is 21.5 Å². The Morgan fingerprint density at radius 2 is 1.94 bits per heavy atom. The molecule has 4 heteroatoms. The van der Waals surface area contributed by atoms with Crippen LogP contribution in [0.3, 0.4) is 0 Å². The van der Waals surface area contributed by atoms with Gasteiger partial charge in [0.2, 0.25) is 8.32 Å². The lowest BCUT2D eigenvalue weighted by Gasteiger charge is -2.37. The largest absolute Gasteiger partial charge is 0.543 e. The summed E-state index contributed by atoms with van der Waals surface area (Å²) in [4.78, 5) is 4.32. The SMILES string of the molecule is C=C(O[Si](C)(C)C(C)(C)C)c1cc(Br)cnc1C. The van der Waals surface area contributed by atoms with Crippen LogP contribution in [-0.2, 0) is 4.43 Å². The molecule has 0 aliphatic carbocycles. The van der Waals surface area contributed by atoms with Crippen molar-refractivity contribution < 1.29 is 4.43 Å². The van der Waals surface area contributed by atoms with Gasteiger partial charge in [-0.3, -0.25) is 4.98 Å². The predicted molar refractivity (Wildman–Crippen MR) is 84.0 cm³/mol. The molecule has 0 unspecified atom stereocenters. The van der Waals surface area contributed by atoms with Gasteiger partial charge in [0.05, 0.1) is 0 Å². The van der Waals surface area contributed by atoms with Crippen molar-refractivity contribution in [3.63, 3.8) is 0 Å². The maximum atomic E-state index is 6.21. The Balaban J connectivity index is 3.00. The van der Waals surface area contributed by atoms with Crippen LogP contribution in [-0.4, -0.2) is 13.3 Å². The lowest BCUT2D eigenvalue weighted by molar-refractivity contribution is 0.458. The lowest BCUT2D eigenvalue weighted by Crippen LogP contribution is -2.40. The van der Waals surface area contributed by atoms with E-state index < -0.39 is 8.32 Å². The third kappa shape index (κ3) is 3.45. The molecule has 100 valence electrons. The molecule has 0 N–H and O–H groups in total. The van der Waals surface area contributed by atoms with Crippen molar-refractivity contribution in [2.75, 3.05) is 0 Å². The fourth-order valence-electron chi connectivity index (χ4n) is 1.31. The Hall–Kier alpha value is -0.613. The van der Waals surface area contributed by atoms with Crippen molar-refractivity contribution >= 4 is 30.0 Å². The van der Waals surface area contributed by atoms with Crippen LogP contribution in [0.1, 0.15) is 32.0 Å². The van der Waals surface area contributed by atoms with Crippen LogP contribution in [0, 0.1) is 6.92 Å². The van der Waals surface area contributed by atoms with E-state index in [1.165, 1.54) is 0 Å². The standard InChI is InChI=1S/C14H22BrNOSi/c1-10-13(8-12(15)9-16-10)11(2)17-18(6,7)14(3,4)5/h8-9H,2H2,1,3-7H3. The molecule has 0 atom stereocenters. The number of hydrogen-bond donors (Lipinski definition) is 0. The van der Waals surface area contributed by atoms with Gasteiger partial charge in [-0.2, -0.15) is 0 Å². The highest BCUT2D eigenvalue weighted by molar-refractivity contribution is 9.10. The van der Waals surface area contributed by atoms with E-state index in [9.17, 15) is 0 Å². The molecule has 1 rings (SSSR count). The number of aryl methyl sites for hydroxylation is 1. The molecule has 18 heavy (non-hydrogen) atoms. The first-order chi connectivity index (χ1) is 8.04. The molecule has 0 saturated carbocycles. The van der Waals surface area contributed by atoms with Crippen molar-refractivity contribution in [2.24, 2.45) is 0 Å². The van der Waals surface area contributed by atoms with E-state index in [1.54, 1.807) is 6.20 Å². The van der Waals surface area contributed by atoms with Crippen molar-refractivity contribution in [3.8, 4) is 0 Å². The summed E-state index contributed by atoms with van der Waals surface area (Å²) >= 11 is 3.44. The second-order valence-electron chi connectivity index (χ2n) is 6.07. The molecule has 0 saturated heterocycles. The fraction of sp³-hybridized carbons (Fsp3) is 0.500. The van der Waals surface area contributed by atoms with Crippen LogP contribution in [0.2, 0.25) is 18.1 Å². The summed E-state index contributed by atoms with van der Waals surface area (Å²) in [7, 11) is -1.83. The second kappa shape index (κ2) is 5.17. The average molecular weight is 328 g/mol. The predicted octanol–water partition coefficient (Wildman–Crippen LogP) is 5.15. The Morgan fingerprint density at radius 1 is 1.39 bits per heavy atom. The van der Waals surface area contributed by atoms with Gasteiger partial charge in [0.25, 0.3) is 0 Å². The number of pyridine rings is 1. The smallest absolute Gasteiger partial charge is 0.250 e. The van der Waals surface area contributed by atoms with Gasteiger partial charge >= 0.3 is 0 Å². The van der Waals surface area contributed by atoms with Gasteiger partial charge in [-0.1, -0.05) is 27.4 Å². The first-order valence-electron chi connectivity index (χ1n) is 6.05. The van der Waals surface area contributed by atoms with Crippen LogP contribution >= 0.6 is 15.9 Å². The maximum absolute atomic E-state index is 6.21. The molecule has 0 bridgehead atoms. The van der Waals surface area contributed by atoms with Crippen molar-refractivity contribution in [1.29, 1.82) is 0 Å². The molecule has 0 aromatic carbocycles. The highest BCUT2D eigenvalue weighted by Gasteiger charge is 2.39. The first-order valence-corrected chi connectivity index (χ1v) is 9.75. The van der Waals surface area contributed by atoms with Gasteiger partial charge in [-0.15, -0.1) is 0 Å². The van der Waals surface area contributed by atoms with E-state index in [2.05, 4.69) is 61.4 Å². The minimum absolute atomic E-state index is 0.170. The Bertz CT molecular complexity index is 463. The summed E-state index contributed by atoms with van der Waals surface area (Å²) in [5.74, 6) is 0.730. The zero-order chi connectivity index (χ0) is 14.1. The molecule has 1 aromatic rings. The summed E-state index contributed by atoms with van der Waals surface area (Å²) in [5, 5.41) is 0.170. The zero-order valence-electron chi connectivity index (χ0n) is 12.1. The first kappa shape index (κ1) is 15.4. The summed E-state index contributed by atoms with van der Waals surface area (Å²) in [6.07, 6.45) is 1.79. The van der Waals surface area contributed by atoms with E-state index >= 15 is 0 Å². The molecule has 0 aliphatic heterocycles. The Kier molecular flexibility index (Phi) is 4.44. The van der Waals surface area contributed by atoms with E-state index in [0.29, 0.717) is 0 Å². The van der Waals surface area contributed by atoms with E-state index in [4.69, 9.17) is 4.43 Å². The van der Waals surface area contributed by atoms with E-state index in [-0.39, 0.29) is 5.04 Å². The van der Waals surface area contributed by atoms with Crippen molar-refractivity contribution in [3.05, 3.63) is 34.6 Å². The van der Waals surface area contributed by atoms with Crippen LogP contribution in [0.25, 0.3) is 5.76 Å². The Morgan fingerprint density at radius 3 is 2.44 bits per heavy atom. The normalized spacial score (nSPS) is 12.4. The second-order valence-corrected chi connectivity index (χ2v) is 11.7. The molecular formula is C14H22BrNOSi. The lowest BCUT2D eigenvalue weighted by atomic mass is 10.2. The van der Waals surface area contributed by atoms with Crippen LogP contribution in [0.5, 0.6) is 0 Å². The third-order valence-electron chi connectivity index (χ3n) is 3.54. The van der Waals surface area contributed by atoms with Crippen LogP contribution in [0.4, 0.5) is 0 Å². The van der Waals surface area contributed by atoms with Gasteiger partial charge in [0, 0.05) is 21.9 Å². The van der Waals surface area contributed by atoms with Gasteiger partial charge in [0.15, 0.2) is 0 Å². The van der Waals surface area contributed by atoms with Gasteiger partial charge in [-0.25, -0.2) is 0 Å². The fourth-order valence-corrected chi connectivity index (χ4v) is 2.67. The van der Waals surface area contributed by atoms with Crippen molar-refractivity contribution in [2.45, 2.75) is 45.8 Å². The minimum Gasteiger partial charge on any atom is -0.543 e. The number of nitrogens with zero attached hydrogens (tertiary/aromatic N) is 1. The van der Waals surface area contributed by atoms with Crippen LogP contribution in [0.15, 0.2) is 23.3 Å². The molecule has 0 amide bonds. The highest BCUT2D eigenvalue weighted by atomic mass is 79.9. The number of rotatable bonds is 3. The molecule has 1 heterocycles. The van der Waals surface area contributed by atoms with Crippen molar-refractivity contribution in [1.82, 2.24) is 4.98 Å². The van der Waals surface area contributed by atoms with E-state index in [1.807, 2.05) is 13.0 Å². The third-order valence-corrected chi connectivity index (χ3v) is 8.34. The molecule has 1 aromatic heterocycles. The molecule has 0 aliphatic rings. The number of hydrogen-bond acceptors (Lipinski definition) is 2. The molecular weight excluding hydrogens is 306 g/mol. The zero-order valence-corrected chi connectivity index (χ0v) is 14.7. The van der Waals surface area contributed by atoms with Gasteiger partial charge < -0.3 is 4.43 Å². The molecule has 0 radical (unpaired) electrons. The number of halogens is 1. The molecule has 0 fully saturated rings. The molecule has 0 spiro atoms. The minimum atomic E-state index is -1.83.